The van der Waals surface area contributed by atoms with Crippen LogP contribution in [0.1, 0.15) is 5.56 Å². The summed E-state index contributed by atoms with van der Waals surface area (Å²) in [6.45, 7) is 5.51. The Morgan fingerprint density at radius 1 is 1.28 bits per heavy atom. The number of aryl methyl sites for hydroxylation is 1. The summed E-state index contributed by atoms with van der Waals surface area (Å²) in [4.78, 5) is 11.5. The molecule has 0 saturated heterocycles. The minimum atomic E-state index is -0.714. The molecular weight excluding hydrogens is 228 g/mol. The van der Waals surface area contributed by atoms with E-state index in [1.165, 1.54) is 6.08 Å². The van der Waals surface area contributed by atoms with Crippen molar-refractivity contribution in [3.05, 3.63) is 54.6 Å². The van der Waals surface area contributed by atoms with Crippen LogP contribution in [0.3, 0.4) is 0 Å². The van der Waals surface area contributed by atoms with E-state index in [9.17, 15) is 4.79 Å². The molecule has 2 aromatic carbocycles. The molecule has 0 atom stereocenters. The predicted molar refractivity (Wildman–Crippen MR) is 70.9 cm³/mol. The fourth-order valence-corrected chi connectivity index (χ4v) is 1.73. The zero-order valence-corrected chi connectivity index (χ0v) is 10.2. The van der Waals surface area contributed by atoms with Gasteiger partial charge in [0.2, 0.25) is 0 Å². The van der Waals surface area contributed by atoms with Crippen molar-refractivity contribution in [2.75, 3.05) is 6.61 Å². The molecule has 2 aromatic rings. The molecule has 0 saturated carbocycles. The lowest BCUT2D eigenvalue weighted by Crippen LogP contribution is -2.11. The van der Waals surface area contributed by atoms with E-state index in [1.807, 2.05) is 43.3 Å². The Labute approximate surface area is 106 Å². The van der Waals surface area contributed by atoms with Gasteiger partial charge in [0.1, 0.15) is 12.4 Å². The molecule has 0 unspecified atom stereocenters. The second kappa shape index (κ2) is 5.36. The lowest BCUT2D eigenvalue weighted by molar-refractivity contribution is 0.110. The number of carbonyl (C=O) groups is 1. The molecule has 0 aliphatic carbocycles. The highest BCUT2D eigenvalue weighted by atomic mass is 16.7. The van der Waals surface area contributed by atoms with Gasteiger partial charge < -0.3 is 9.47 Å². The van der Waals surface area contributed by atoms with E-state index in [0.29, 0.717) is 5.75 Å². The lowest BCUT2D eigenvalue weighted by atomic mass is 10.1. The Bertz CT molecular complexity index is 587. The number of fused-ring (bicyclic) bond motifs is 1. The van der Waals surface area contributed by atoms with E-state index in [1.54, 1.807) is 0 Å². The summed E-state index contributed by atoms with van der Waals surface area (Å²) in [6, 6.07) is 11.6. The van der Waals surface area contributed by atoms with Gasteiger partial charge in [0.25, 0.3) is 0 Å². The van der Waals surface area contributed by atoms with Crippen LogP contribution in [-0.2, 0) is 4.74 Å². The highest BCUT2D eigenvalue weighted by Crippen LogP contribution is 2.29. The van der Waals surface area contributed by atoms with Crippen LogP contribution < -0.4 is 4.74 Å². The van der Waals surface area contributed by atoms with Gasteiger partial charge in [-0.1, -0.05) is 49.1 Å². The molecule has 0 heterocycles. The number of rotatable bonds is 3. The van der Waals surface area contributed by atoms with Gasteiger partial charge in [0, 0.05) is 5.39 Å². The quantitative estimate of drug-likeness (QED) is 0.466. The average Bonchev–Trinajstić information content (AvgIpc) is 2.40. The SMILES string of the molecule is C=CCOC(=O)Oc1c(C)ccc2ccccc12. The Morgan fingerprint density at radius 3 is 2.83 bits per heavy atom. The Hall–Kier alpha value is -2.29. The van der Waals surface area contributed by atoms with E-state index in [-0.39, 0.29) is 6.61 Å². The van der Waals surface area contributed by atoms with Gasteiger partial charge in [-0.25, -0.2) is 4.79 Å². The van der Waals surface area contributed by atoms with Crippen LogP contribution in [0.25, 0.3) is 10.8 Å². The maximum Gasteiger partial charge on any atom is 0.514 e. The number of benzene rings is 2. The van der Waals surface area contributed by atoms with Gasteiger partial charge in [0.05, 0.1) is 0 Å². The smallest absolute Gasteiger partial charge is 0.430 e. The minimum absolute atomic E-state index is 0.142. The third-order valence-electron chi connectivity index (χ3n) is 2.58. The highest BCUT2D eigenvalue weighted by molar-refractivity contribution is 5.91. The molecule has 2 rings (SSSR count). The standard InChI is InChI=1S/C15H14O3/c1-3-10-17-15(16)18-14-11(2)8-9-12-6-4-5-7-13(12)14/h3-9H,1,10H2,2H3. The fourth-order valence-electron chi connectivity index (χ4n) is 1.73. The van der Waals surface area contributed by atoms with Crippen molar-refractivity contribution in [3.8, 4) is 5.75 Å². The summed E-state index contributed by atoms with van der Waals surface area (Å²) >= 11 is 0. The summed E-state index contributed by atoms with van der Waals surface area (Å²) in [5, 5.41) is 1.92. The van der Waals surface area contributed by atoms with Crippen LogP contribution >= 0.6 is 0 Å². The molecule has 0 bridgehead atoms. The second-order valence-electron chi connectivity index (χ2n) is 3.88. The molecule has 3 nitrogen and oxygen atoms in total. The van der Waals surface area contributed by atoms with Crippen molar-refractivity contribution >= 4 is 16.9 Å². The number of carbonyl (C=O) groups excluding carboxylic acids is 1. The molecule has 0 fully saturated rings. The van der Waals surface area contributed by atoms with E-state index in [0.717, 1.165) is 16.3 Å². The second-order valence-corrected chi connectivity index (χ2v) is 3.88. The van der Waals surface area contributed by atoms with Gasteiger partial charge in [-0.05, 0) is 17.9 Å². The zero-order valence-electron chi connectivity index (χ0n) is 10.2. The third-order valence-corrected chi connectivity index (χ3v) is 2.58. The van der Waals surface area contributed by atoms with E-state index in [2.05, 4.69) is 6.58 Å². The Balaban J connectivity index is 2.34. The summed E-state index contributed by atoms with van der Waals surface area (Å²) < 4.78 is 10.1. The minimum Gasteiger partial charge on any atom is -0.430 e. The van der Waals surface area contributed by atoms with E-state index < -0.39 is 6.16 Å². The van der Waals surface area contributed by atoms with Crippen LogP contribution in [0.4, 0.5) is 4.79 Å². The summed E-state index contributed by atoms with van der Waals surface area (Å²) in [7, 11) is 0. The van der Waals surface area contributed by atoms with Crippen molar-refractivity contribution < 1.29 is 14.3 Å². The van der Waals surface area contributed by atoms with Crippen LogP contribution in [0.2, 0.25) is 0 Å². The molecule has 92 valence electrons. The normalized spacial score (nSPS) is 10.1. The maximum absolute atomic E-state index is 11.5. The number of ether oxygens (including phenoxy) is 2. The summed E-state index contributed by atoms with van der Waals surface area (Å²) in [6.07, 6.45) is 0.784. The van der Waals surface area contributed by atoms with Gasteiger partial charge >= 0.3 is 6.16 Å². The first-order chi connectivity index (χ1) is 8.72. The van der Waals surface area contributed by atoms with E-state index >= 15 is 0 Å². The number of hydrogen-bond donors (Lipinski definition) is 0. The Kier molecular flexibility index (Phi) is 3.63. The molecular formula is C15H14O3. The predicted octanol–water partition coefficient (Wildman–Crippen LogP) is 3.85. The first kappa shape index (κ1) is 12.2. The van der Waals surface area contributed by atoms with Crippen LogP contribution in [0.5, 0.6) is 5.75 Å². The van der Waals surface area contributed by atoms with Crippen molar-refractivity contribution in [1.29, 1.82) is 0 Å². The molecule has 0 spiro atoms. The van der Waals surface area contributed by atoms with E-state index in [4.69, 9.17) is 9.47 Å². The Morgan fingerprint density at radius 2 is 2.06 bits per heavy atom. The van der Waals surface area contributed by atoms with Gasteiger partial charge in [-0.2, -0.15) is 0 Å². The average molecular weight is 242 g/mol. The van der Waals surface area contributed by atoms with Crippen LogP contribution in [0.15, 0.2) is 49.1 Å². The van der Waals surface area contributed by atoms with Crippen LogP contribution in [-0.4, -0.2) is 12.8 Å². The molecule has 0 radical (unpaired) electrons. The van der Waals surface area contributed by atoms with Crippen molar-refractivity contribution in [3.63, 3.8) is 0 Å². The first-order valence-corrected chi connectivity index (χ1v) is 5.66. The number of hydrogen-bond acceptors (Lipinski definition) is 3. The molecule has 0 aliphatic rings. The summed E-state index contributed by atoms with van der Waals surface area (Å²) in [5.41, 5.74) is 0.893. The van der Waals surface area contributed by atoms with Crippen molar-refractivity contribution in [1.82, 2.24) is 0 Å². The molecule has 0 aromatic heterocycles. The topological polar surface area (TPSA) is 35.5 Å². The zero-order chi connectivity index (χ0) is 13.0. The monoisotopic (exact) mass is 242 g/mol. The molecule has 3 heteroatoms. The molecule has 0 amide bonds. The lowest BCUT2D eigenvalue weighted by Gasteiger charge is -2.10. The maximum atomic E-state index is 11.5. The molecule has 0 aliphatic heterocycles. The van der Waals surface area contributed by atoms with Gasteiger partial charge in [0.15, 0.2) is 0 Å². The highest BCUT2D eigenvalue weighted by Gasteiger charge is 2.11. The van der Waals surface area contributed by atoms with Crippen molar-refractivity contribution in [2.24, 2.45) is 0 Å². The van der Waals surface area contributed by atoms with Crippen LogP contribution in [0, 0.1) is 6.92 Å². The fraction of sp³-hybridized carbons (Fsp3) is 0.133. The molecule has 18 heavy (non-hydrogen) atoms. The molecule has 0 N–H and O–H groups in total. The van der Waals surface area contributed by atoms with Crippen molar-refractivity contribution in [2.45, 2.75) is 6.92 Å². The summed E-state index contributed by atoms with van der Waals surface area (Å²) in [5.74, 6) is 0.544. The first-order valence-electron chi connectivity index (χ1n) is 5.66. The van der Waals surface area contributed by atoms with Gasteiger partial charge in [-0.3, -0.25) is 0 Å². The van der Waals surface area contributed by atoms with Gasteiger partial charge in [-0.15, -0.1) is 0 Å². The third kappa shape index (κ3) is 2.51. The largest absolute Gasteiger partial charge is 0.514 e.